The molecule has 0 radical (unpaired) electrons. The van der Waals surface area contributed by atoms with Gasteiger partial charge in [0, 0.05) is 31.7 Å². The predicted molar refractivity (Wildman–Crippen MR) is 77.0 cm³/mol. The molecule has 19 heavy (non-hydrogen) atoms. The highest BCUT2D eigenvalue weighted by molar-refractivity contribution is 5.44. The molecule has 1 aromatic rings. The van der Waals surface area contributed by atoms with Crippen LogP contribution in [0.25, 0.3) is 0 Å². The number of anilines is 1. The van der Waals surface area contributed by atoms with Crippen LogP contribution in [0, 0.1) is 0 Å². The Labute approximate surface area is 115 Å². The molecule has 2 rings (SSSR count). The fraction of sp³-hybridized carbons (Fsp3) is 0.667. The van der Waals surface area contributed by atoms with Gasteiger partial charge in [-0.25, -0.2) is 0 Å². The molecular formula is C15H24N2O2. The Bertz CT molecular complexity index is 403. The number of nitrogens with one attached hydrogen (secondary N) is 1. The second kappa shape index (κ2) is 6.75. The summed E-state index contributed by atoms with van der Waals surface area (Å²) in [4.78, 5) is 4.60. The number of hydrogen-bond donors (Lipinski definition) is 1. The van der Waals surface area contributed by atoms with Crippen molar-refractivity contribution in [1.82, 2.24) is 4.98 Å². The molecule has 0 unspecified atom stereocenters. The summed E-state index contributed by atoms with van der Waals surface area (Å²) >= 11 is 0. The summed E-state index contributed by atoms with van der Waals surface area (Å²) in [5, 5.41) is 3.41. The van der Waals surface area contributed by atoms with E-state index < -0.39 is 0 Å². The van der Waals surface area contributed by atoms with Crippen molar-refractivity contribution >= 4 is 5.82 Å². The zero-order valence-corrected chi connectivity index (χ0v) is 12.1. The van der Waals surface area contributed by atoms with Gasteiger partial charge in [0.15, 0.2) is 0 Å². The summed E-state index contributed by atoms with van der Waals surface area (Å²) < 4.78 is 10.8. The van der Waals surface area contributed by atoms with Gasteiger partial charge in [-0.15, -0.1) is 0 Å². The van der Waals surface area contributed by atoms with Crippen molar-refractivity contribution in [3.63, 3.8) is 0 Å². The summed E-state index contributed by atoms with van der Waals surface area (Å²) in [6.45, 7) is 5.69. The SMILES string of the molecule is COCCCOc1nc(NC2CC2)ccc1C(C)C. The van der Waals surface area contributed by atoms with Gasteiger partial charge in [0.25, 0.3) is 0 Å². The summed E-state index contributed by atoms with van der Waals surface area (Å²) in [7, 11) is 1.71. The van der Waals surface area contributed by atoms with Crippen molar-refractivity contribution in [2.24, 2.45) is 0 Å². The first-order valence-corrected chi connectivity index (χ1v) is 7.10. The van der Waals surface area contributed by atoms with Crippen LogP contribution >= 0.6 is 0 Å². The molecule has 1 aliphatic carbocycles. The number of rotatable bonds is 8. The Kier molecular flexibility index (Phi) is 5.02. The van der Waals surface area contributed by atoms with E-state index in [1.807, 2.05) is 0 Å². The van der Waals surface area contributed by atoms with Crippen LogP contribution in [0.3, 0.4) is 0 Å². The highest BCUT2D eigenvalue weighted by atomic mass is 16.5. The first-order chi connectivity index (χ1) is 9.20. The van der Waals surface area contributed by atoms with Crippen LogP contribution in [-0.4, -0.2) is 31.3 Å². The average Bonchev–Trinajstić information content (AvgIpc) is 3.18. The Morgan fingerprint density at radius 2 is 2.11 bits per heavy atom. The minimum atomic E-state index is 0.417. The molecule has 0 aromatic carbocycles. The Hall–Kier alpha value is -1.29. The summed E-state index contributed by atoms with van der Waals surface area (Å²) in [5.41, 5.74) is 1.17. The lowest BCUT2D eigenvalue weighted by atomic mass is 10.1. The van der Waals surface area contributed by atoms with E-state index in [4.69, 9.17) is 9.47 Å². The zero-order chi connectivity index (χ0) is 13.7. The summed E-state index contributed by atoms with van der Waals surface area (Å²) in [6.07, 6.45) is 3.38. The third-order valence-corrected chi connectivity index (χ3v) is 3.17. The summed E-state index contributed by atoms with van der Waals surface area (Å²) in [6, 6.07) is 4.78. The highest BCUT2D eigenvalue weighted by Gasteiger charge is 2.22. The monoisotopic (exact) mass is 264 g/mol. The number of pyridine rings is 1. The van der Waals surface area contributed by atoms with Gasteiger partial charge in [-0.05, 0) is 30.9 Å². The number of hydrogen-bond acceptors (Lipinski definition) is 4. The van der Waals surface area contributed by atoms with Crippen LogP contribution in [0.5, 0.6) is 5.88 Å². The Morgan fingerprint density at radius 1 is 1.32 bits per heavy atom. The molecule has 1 saturated carbocycles. The highest BCUT2D eigenvalue weighted by Crippen LogP contribution is 2.29. The molecule has 0 saturated heterocycles. The number of aromatic nitrogens is 1. The molecule has 1 aromatic heterocycles. The molecule has 4 nitrogen and oxygen atoms in total. The molecule has 1 aliphatic rings. The van der Waals surface area contributed by atoms with E-state index in [-0.39, 0.29) is 0 Å². The minimum Gasteiger partial charge on any atom is -0.477 e. The second-order valence-electron chi connectivity index (χ2n) is 5.36. The lowest BCUT2D eigenvalue weighted by molar-refractivity contribution is 0.170. The van der Waals surface area contributed by atoms with Crippen molar-refractivity contribution in [2.45, 2.75) is 45.1 Å². The lowest BCUT2D eigenvalue weighted by Crippen LogP contribution is -2.08. The quantitative estimate of drug-likeness (QED) is 0.732. The van der Waals surface area contributed by atoms with Gasteiger partial charge in [-0.2, -0.15) is 4.98 Å². The maximum Gasteiger partial charge on any atom is 0.218 e. The molecule has 0 bridgehead atoms. The fourth-order valence-corrected chi connectivity index (χ4v) is 1.90. The lowest BCUT2D eigenvalue weighted by Gasteiger charge is -2.14. The van der Waals surface area contributed by atoms with E-state index in [9.17, 15) is 0 Å². The third kappa shape index (κ3) is 4.39. The first-order valence-electron chi connectivity index (χ1n) is 7.10. The van der Waals surface area contributed by atoms with E-state index in [2.05, 4.69) is 36.3 Å². The second-order valence-corrected chi connectivity index (χ2v) is 5.36. The van der Waals surface area contributed by atoms with Crippen molar-refractivity contribution < 1.29 is 9.47 Å². The van der Waals surface area contributed by atoms with Crippen molar-refractivity contribution in [3.8, 4) is 5.88 Å². The number of ether oxygens (including phenoxy) is 2. The van der Waals surface area contributed by atoms with Crippen molar-refractivity contribution in [2.75, 3.05) is 25.6 Å². The van der Waals surface area contributed by atoms with E-state index in [1.165, 1.54) is 18.4 Å². The van der Waals surface area contributed by atoms with Crippen LogP contribution in [0.4, 0.5) is 5.82 Å². The topological polar surface area (TPSA) is 43.4 Å². The van der Waals surface area contributed by atoms with Gasteiger partial charge in [-0.3, -0.25) is 0 Å². The van der Waals surface area contributed by atoms with Gasteiger partial charge in [0.05, 0.1) is 6.61 Å². The predicted octanol–water partition coefficient (Wildman–Crippen LogP) is 3.19. The number of methoxy groups -OCH3 is 1. The minimum absolute atomic E-state index is 0.417. The van der Waals surface area contributed by atoms with Gasteiger partial charge in [0.2, 0.25) is 5.88 Å². The van der Waals surface area contributed by atoms with Gasteiger partial charge in [0.1, 0.15) is 5.82 Å². The fourth-order valence-electron chi connectivity index (χ4n) is 1.90. The summed E-state index contributed by atoms with van der Waals surface area (Å²) in [5.74, 6) is 2.10. The van der Waals surface area contributed by atoms with E-state index in [0.717, 1.165) is 24.7 Å². The molecule has 106 valence electrons. The molecule has 0 amide bonds. The number of nitrogens with zero attached hydrogens (tertiary/aromatic N) is 1. The largest absolute Gasteiger partial charge is 0.477 e. The van der Waals surface area contributed by atoms with Gasteiger partial charge < -0.3 is 14.8 Å². The Morgan fingerprint density at radius 3 is 2.74 bits per heavy atom. The maximum atomic E-state index is 5.81. The molecular weight excluding hydrogens is 240 g/mol. The van der Waals surface area contributed by atoms with Gasteiger partial charge >= 0.3 is 0 Å². The van der Waals surface area contributed by atoms with Crippen LogP contribution < -0.4 is 10.1 Å². The standard InChI is InChI=1S/C15H24N2O2/c1-11(2)13-7-8-14(16-12-5-6-12)17-15(13)19-10-4-9-18-3/h7-8,11-12H,4-6,9-10H2,1-3H3,(H,16,17). The molecule has 1 fully saturated rings. The molecule has 1 N–H and O–H groups in total. The van der Waals surface area contributed by atoms with Crippen molar-refractivity contribution in [3.05, 3.63) is 17.7 Å². The molecule has 0 spiro atoms. The van der Waals surface area contributed by atoms with Crippen molar-refractivity contribution in [1.29, 1.82) is 0 Å². The van der Waals surface area contributed by atoms with Crippen LogP contribution in [0.2, 0.25) is 0 Å². The van der Waals surface area contributed by atoms with Crippen LogP contribution in [0.15, 0.2) is 12.1 Å². The molecule has 1 heterocycles. The van der Waals surface area contributed by atoms with Crippen LogP contribution in [0.1, 0.15) is 44.6 Å². The van der Waals surface area contributed by atoms with E-state index >= 15 is 0 Å². The Balaban J connectivity index is 2.01. The van der Waals surface area contributed by atoms with E-state index in [0.29, 0.717) is 18.6 Å². The molecule has 0 aliphatic heterocycles. The molecule has 0 atom stereocenters. The average molecular weight is 264 g/mol. The smallest absolute Gasteiger partial charge is 0.218 e. The maximum absolute atomic E-state index is 5.81. The normalized spacial score (nSPS) is 14.7. The van der Waals surface area contributed by atoms with E-state index in [1.54, 1.807) is 7.11 Å². The van der Waals surface area contributed by atoms with Gasteiger partial charge in [-0.1, -0.05) is 13.8 Å². The first kappa shape index (κ1) is 14.1. The third-order valence-electron chi connectivity index (χ3n) is 3.17. The van der Waals surface area contributed by atoms with Crippen LogP contribution in [-0.2, 0) is 4.74 Å². The molecule has 4 heteroatoms. The zero-order valence-electron chi connectivity index (χ0n) is 12.1.